The van der Waals surface area contributed by atoms with Crippen LogP contribution in [-0.4, -0.2) is 17.6 Å². The Kier molecular flexibility index (Phi) is 2.63. The molecule has 0 saturated carbocycles. The van der Waals surface area contributed by atoms with E-state index in [1.807, 2.05) is 13.8 Å². The van der Waals surface area contributed by atoms with Crippen LogP contribution >= 0.6 is 11.3 Å². The second kappa shape index (κ2) is 3.83. The fraction of sp³-hybridized carbons (Fsp3) is 0.364. The molecule has 2 heterocycles. The fourth-order valence-electron chi connectivity index (χ4n) is 1.71. The lowest BCUT2D eigenvalue weighted by Crippen LogP contribution is -2.07. The SMILES string of the molecule is CCOC(=O)c1[nH]c2sc(C)c(C)c2c1N. The van der Waals surface area contributed by atoms with Gasteiger partial charge in [0.15, 0.2) is 0 Å². The molecular formula is C11H14N2O2S. The van der Waals surface area contributed by atoms with Crippen molar-refractivity contribution in [2.75, 3.05) is 12.3 Å². The monoisotopic (exact) mass is 238 g/mol. The van der Waals surface area contributed by atoms with Crippen LogP contribution in [0.4, 0.5) is 5.69 Å². The molecule has 0 bridgehead atoms. The number of nitrogens with one attached hydrogen (secondary N) is 1. The van der Waals surface area contributed by atoms with Gasteiger partial charge in [0, 0.05) is 10.3 Å². The number of hydrogen-bond donors (Lipinski definition) is 2. The van der Waals surface area contributed by atoms with E-state index in [9.17, 15) is 4.79 Å². The third-order valence-corrected chi connectivity index (χ3v) is 3.76. The zero-order valence-corrected chi connectivity index (χ0v) is 10.3. The Bertz CT molecular complexity index is 554. The standard InChI is InChI=1S/C11H14N2O2S/c1-4-15-11(14)9-8(12)7-5(2)6(3)16-10(7)13-9/h13H,4,12H2,1-3H3. The van der Waals surface area contributed by atoms with E-state index in [0.29, 0.717) is 18.0 Å². The molecule has 0 aliphatic rings. The number of thiophene rings is 1. The summed E-state index contributed by atoms with van der Waals surface area (Å²) in [4.78, 5) is 16.8. The molecular weight excluding hydrogens is 224 g/mol. The third-order valence-electron chi connectivity index (χ3n) is 2.64. The molecule has 2 aromatic rings. The predicted molar refractivity (Wildman–Crippen MR) is 66.0 cm³/mol. The molecule has 3 N–H and O–H groups in total. The minimum atomic E-state index is -0.388. The second-order valence-corrected chi connectivity index (χ2v) is 4.85. The molecule has 0 saturated heterocycles. The summed E-state index contributed by atoms with van der Waals surface area (Å²) in [6, 6.07) is 0. The van der Waals surface area contributed by atoms with E-state index in [-0.39, 0.29) is 5.97 Å². The van der Waals surface area contributed by atoms with Crippen LogP contribution in [0.15, 0.2) is 0 Å². The zero-order chi connectivity index (χ0) is 11.9. The molecule has 0 aliphatic carbocycles. The van der Waals surface area contributed by atoms with E-state index in [1.54, 1.807) is 18.3 Å². The van der Waals surface area contributed by atoms with Crippen LogP contribution in [0.2, 0.25) is 0 Å². The first kappa shape index (κ1) is 11.0. The van der Waals surface area contributed by atoms with Gasteiger partial charge in [0.05, 0.1) is 12.3 Å². The van der Waals surface area contributed by atoms with E-state index >= 15 is 0 Å². The van der Waals surface area contributed by atoms with Crippen molar-refractivity contribution < 1.29 is 9.53 Å². The maximum Gasteiger partial charge on any atom is 0.356 e. The van der Waals surface area contributed by atoms with Crippen LogP contribution < -0.4 is 5.73 Å². The third kappa shape index (κ3) is 1.48. The minimum Gasteiger partial charge on any atom is -0.461 e. The molecule has 0 radical (unpaired) electrons. The summed E-state index contributed by atoms with van der Waals surface area (Å²) in [5.74, 6) is -0.388. The number of carbonyl (C=O) groups is 1. The van der Waals surface area contributed by atoms with Crippen molar-refractivity contribution in [3.8, 4) is 0 Å². The largest absolute Gasteiger partial charge is 0.461 e. The van der Waals surface area contributed by atoms with Gasteiger partial charge in [-0.1, -0.05) is 0 Å². The van der Waals surface area contributed by atoms with Gasteiger partial charge in [0.2, 0.25) is 0 Å². The highest BCUT2D eigenvalue weighted by atomic mass is 32.1. The second-order valence-electron chi connectivity index (χ2n) is 3.62. The highest BCUT2D eigenvalue weighted by Crippen LogP contribution is 2.36. The smallest absolute Gasteiger partial charge is 0.356 e. The molecule has 0 fully saturated rings. The Balaban J connectivity index is 2.58. The minimum absolute atomic E-state index is 0.350. The Labute approximate surface area is 97.4 Å². The molecule has 0 aliphatic heterocycles. The van der Waals surface area contributed by atoms with Crippen molar-refractivity contribution in [2.24, 2.45) is 0 Å². The average Bonchev–Trinajstić information content (AvgIpc) is 2.68. The molecule has 16 heavy (non-hydrogen) atoms. The zero-order valence-electron chi connectivity index (χ0n) is 9.51. The summed E-state index contributed by atoms with van der Waals surface area (Å²) in [6.07, 6.45) is 0. The number of ether oxygens (including phenoxy) is 1. The van der Waals surface area contributed by atoms with Crippen LogP contribution in [0.1, 0.15) is 27.9 Å². The molecule has 2 rings (SSSR count). The molecule has 0 aromatic carbocycles. The van der Waals surface area contributed by atoms with E-state index in [4.69, 9.17) is 10.5 Å². The quantitative estimate of drug-likeness (QED) is 0.790. The summed E-state index contributed by atoms with van der Waals surface area (Å²) in [6.45, 7) is 6.17. The first-order valence-corrected chi connectivity index (χ1v) is 5.92. The normalized spacial score (nSPS) is 10.9. The number of esters is 1. The topological polar surface area (TPSA) is 68.1 Å². The van der Waals surface area contributed by atoms with Gasteiger partial charge in [-0.3, -0.25) is 0 Å². The van der Waals surface area contributed by atoms with Crippen LogP contribution in [0.5, 0.6) is 0 Å². The summed E-state index contributed by atoms with van der Waals surface area (Å²) in [5.41, 5.74) is 7.95. The van der Waals surface area contributed by atoms with Gasteiger partial charge < -0.3 is 15.5 Å². The first-order chi connectivity index (χ1) is 7.56. The van der Waals surface area contributed by atoms with E-state index in [1.165, 1.54) is 4.88 Å². The van der Waals surface area contributed by atoms with Crippen LogP contribution in [-0.2, 0) is 4.74 Å². The number of nitrogens with two attached hydrogens (primary N) is 1. The molecule has 0 atom stereocenters. The summed E-state index contributed by atoms with van der Waals surface area (Å²) in [7, 11) is 0. The van der Waals surface area contributed by atoms with Crippen molar-refractivity contribution in [3.05, 3.63) is 16.1 Å². The summed E-state index contributed by atoms with van der Waals surface area (Å²) >= 11 is 1.61. The molecule has 0 amide bonds. The number of anilines is 1. The first-order valence-electron chi connectivity index (χ1n) is 5.10. The Morgan fingerprint density at radius 1 is 1.50 bits per heavy atom. The van der Waals surface area contributed by atoms with Gasteiger partial charge in [-0.2, -0.15) is 0 Å². The Hall–Kier alpha value is -1.49. The lowest BCUT2D eigenvalue weighted by Gasteiger charge is -2.00. The van der Waals surface area contributed by atoms with Crippen molar-refractivity contribution in [3.63, 3.8) is 0 Å². The number of aryl methyl sites for hydroxylation is 2. The van der Waals surface area contributed by atoms with Crippen LogP contribution in [0.25, 0.3) is 10.2 Å². The number of aromatic amines is 1. The van der Waals surface area contributed by atoms with Crippen molar-refractivity contribution in [2.45, 2.75) is 20.8 Å². The Morgan fingerprint density at radius 2 is 2.19 bits per heavy atom. The molecule has 0 unspecified atom stereocenters. The molecule has 4 nitrogen and oxygen atoms in total. The van der Waals surface area contributed by atoms with Gasteiger partial charge in [-0.05, 0) is 26.3 Å². The van der Waals surface area contributed by atoms with Crippen LogP contribution in [0, 0.1) is 13.8 Å². The van der Waals surface area contributed by atoms with Crippen LogP contribution in [0.3, 0.4) is 0 Å². The number of H-pyrrole nitrogens is 1. The molecule has 5 heteroatoms. The fourth-order valence-corrected chi connectivity index (χ4v) is 2.79. The number of nitrogen functional groups attached to an aromatic ring is 1. The number of carbonyl (C=O) groups excluding carboxylic acids is 1. The van der Waals surface area contributed by atoms with E-state index in [2.05, 4.69) is 4.98 Å². The summed E-state index contributed by atoms with van der Waals surface area (Å²) < 4.78 is 4.93. The lowest BCUT2D eigenvalue weighted by molar-refractivity contribution is 0.0522. The highest BCUT2D eigenvalue weighted by Gasteiger charge is 2.20. The van der Waals surface area contributed by atoms with Crippen molar-refractivity contribution in [1.82, 2.24) is 4.98 Å². The van der Waals surface area contributed by atoms with Gasteiger partial charge in [0.1, 0.15) is 10.5 Å². The number of aromatic nitrogens is 1. The number of hydrogen-bond acceptors (Lipinski definition) is 4. The van der Waals surface area contributed by atoms with Gasteiger partial charge in [-0.25, -0.2) is 4.79 Å². The lowest BCUT2D eigenvalue weighted by atomic mass is 10.2. The van der Waals surface area contributed by atoms with E-state index < -0.39 is 0 Å². The maximum atomic E-state index is 11.6. The summed E-state index contributed by atoms with van der Waals surface area (Å²) in [5, 5.41) is 0.950. The van der Waals surface area contributed by atoms with Gasteiger partial charge in [0.25, 0.3) is 0 Å². The van der Waals surface area contributed by atoms with Crippen molar-refractivity contribution in [1.29, 1.82) is 0 Å². The number of fused-ring (bicyclic) bond motifs is 1. The molecule has 2 aromatic heterocycles. The predicted octanol–water partition coefficient (Wildman–Crippen LogP) is 2.61. The molecule has 86 valence electrons. The highest BCUT2D eigenvalue weighted by molar-refractivity contribution is 7.19. The van der Waals surface area contributed by atoms with Gasteiger partial charge >= 0.3 is 5.97 Å². The van der Waals surface area contributed by atoms with Crippen molar-refractivity contribution >= 4 is 33.2 Å². The number of rotatable bonds is 2. The molecule has 0 spiro atoms. The maximum absolute atomic E-state index is 11.6. The average molecular weight is 238 g/mol. The Morgan fingerprint density at radius 3 is 2.75 bits per heavy atom. The van der Waals surface area contributed by atoms with E-state index in [0.717, 1.165) is 15.8 Å². The van der Waals surface area contributed by atoms with Gasteiger partial charge in [-0.15, -0.1) is 11.3 Å².